The minimum absolute atomic E-state index is 0.398. The Kier molecular flexibility index (Phi) is 3.19. The maximum Gasteiger partial charge on any atom is 0.316 e. The third-order valence-corrected chi connectivity index (χ3v) is 2.63. The van der Waals surface area contributed by atoms with Crippen molar-refractivity contribution in [3.63, 3.8) is 0 Å². The molecule has 2 rings (SSSR count). The fraction of sp³-hybridized carbons (Fsp3) is 0.167. The first-order valence-corrected chi connectivity index (χ1v) is 5.64. The van der Waals surface area contributed by atoms with E-state index in [9.17, 15) is 0 Å². The highest BCUT2D eigenvalue weighted by Gasteiger charge is 2.04. The van der Waals surface area contributed by atoms with Crippen molar-refractivity contribution < 1.29 is 4.74 Å². The van der Waals surface area contributed by atoms with Crippen molar-refractivity contribution >= 4 is 15.9 Å². The number of aryl methyl sites for hydroxylation is 1. The summed E-state index contributed by atoms with van der Waals surface area (Å²) in [6.07, 6.45) is 0. The number of methoxy groups -OCH3 is 1. The Labute approximate surface area is 103 Å². The lowest BCUT2D eigenvalue weighted by atomic mass is 10.1. The molecule has 0 amide bonds. The Morgan fingerprint density at radius 1 is 1.19 bits per heavy atom. The minimum atomic E-state index is 0.398. The average molecular weight is 279 g/mol. The summed E-state index contributed by atoms with van der Waals surface area (Å²) in [5.41, 5.74) is 2.80. The molecule has 0 aliphatic heterocycles. The quantitative estimate of drug-likeness (QED) is 0.846. The molecule has 2 aromatic rings. The first kappa shape index (κ1) is 11.1. The van der Waals surface area contributed by atoms with E-state index in [4.69, 9.17) is 4.74 Å². The number of benzene rings is 1. The number of ether oxygens (including phenoxy) is 1. The second-order valence-corrected chi connectivity index (χ2v) is 4.31. The number of rotatable bonds is 2. The van der Waals surface area contributed by atoms with Crippen LogP contribution >= 0.6 is 15.9 Å². The molecule has 4 heteroatoms. The summed E-state index contributed by atoms with van der Waals surface area (Å²) in [6, 6.07) is 10.3. The van der Waals surface area contributed by atoms with E-state index in [1.165, 1.54) is 0 Å². The molecule has 0 N–H and O–H groups in total. The fourth-order valence-electron chi connectivity index (χ4n) is 1.43. The summed E-state index contributed by atoms with van der Waals surface area (Å²) in [5, 5.41) is 0. The number of halogens is 1. The zero-order chi connectivity index (χ0) is 11.5. The van der Waals surface area contributed by atoms with Gasteiger partial charge in [0.2, 0.25) is 0 Å². The second-order valence-electron chi connectivity index (χ2n) is 3.39. The van der Waals surface area contributed by atoms with Gasteiger partial charge < -0.3 is 4.74 Å². The van der Waals surface area contributed by atoms with E-state index in [1.54, 1.807) is 7.11 Å². The molecular formula is C12H11BrN2O. The van der Waals surface area contributed by atoms with Gasteiger partial charge in [0.05, 0.1) is 12.8 Å². The first-order valence-electron chi connectivity index (χ1n) is 4.84. The zero-order valence-corrected chi connectivity index (χ0v) is 10.7. The molecule has 0 aliphatic carbocycles. The predicted octanol–water partition coefficient (Wildman–Crippen LogP) is 3.22. The molecule has 1 aromatic carbocycles. The van der Waals surface area contributed by atoms with Crippen LogP contribution < -0.4 is 4.74 Å². The third-order valence-electron chi connectivity index (χ3n) is 2.14. The van der Waals surface area contributed by atoms with E-state index >= 15 is 0 Å². The number of nitrogens with zero attached hydrogens (tertiary/aromatic N) is 2. The number of hydrogen-bond acceptors (Lipinski definition) is 3. The van der Waals surface area contributed by atoms with Gasteiger partial charge in [-0.05, 0) is 25.1 Å². The Bertz CT molecular complexity index is 514. The highest BCUT2D eigenvalue weighted by atomic mass is 79.9. The maximum atomic E-state index is 5.05. The Morgan fingerprint density at radius 3 is 2.69 bits per heavy atom. The molecule has 82 valence electrons. The third kappa shape index (κ3) is 2.39. The average Bonchev–Trinajstić information content (AvgIpc) is 2.28. The van der Waals surface area contributed by atoms with Crippen LogP contribution in [-0.2, 0) is 0 Å². The van der Waals surface area contributed by atoms with Crippen molar-refractivity contribution in [3.8, 4) is 17.3 Å². The molecule has 0 saturated heterocycles. The number of hydrogen-bond donors (Lipinski definition) is 0. The van der Waals surface area contributed by atoms with Gasteiger partial charge in [-0.15, -0.1) is 0 Å². The minimum Gasteiger partial charge on any atom is -0.467 e. The topological polar surface area (TPSA) is 35.0 Å². The Morgan fingerprint density at radius 2 is 2.00 bits per heavy atom. The van der Waals surface area contributed by atoms with E-state index in [1.807, 2.05) is 37.3 Å². The van der Waals surface area contributed by atoms with Gasteiger partial charge in [-0.1, -0.05) is 28.1 Å². The number of aromatic nitrogens is 2. The van der Waals surface area contributed by atoms with Crippen molar-refractivity contribution in [2.75, 3.05) is 7.11 Å². The van der Waals surface area contributed by atoms with Crippen molar-refractivity contribution in [1.29, 1.82) is 0 Å². The fourth-order valence-corrected chi connectivity index (χ4v) is 1.83. The Balaban J connectivity index is 2.51. The van der Waals surface area contributed by atoms with Gasteiger partial charge in [0.1, 0.15) is 0 Å². The monoisotopic (exact) mass is 278 g/mol. The summed E-state index contributed by atoms with van der Waals surface area (Å²) < 4.78 is 6.08. The van der Waals surface area contributed by atoms with Gasteiger partial charge in [0, 0.05) is 15.7 Å². The van der Waals surface area contributed by atoms with Gasteiger partial charge >= 0.3 is 6.01 Å². The molecule has 0 unspecified atom stereocenters. The van der Waals surface area contributed by atoms with E-state index < -0.39 is 0 Å². The normalized spacial score (nSPS) is 10.2. The van der Waals surface area contributed by atoms with Crippen molar-refractivity contribution in [1.82, 2.24) is 9.97 Å². The van der Waals surface area contributed by atoms with Crippen LogP contribution in [0, 0.1) is 6.92 Å². The van der Waals surface area contributed by atoms with Crippen LogP contribution in [0.15, 0.2) is 34.8 Å². The molecule has 1 aromatic heterocycles. The van der Waals surface area contributed by atoms with Gasteiger partial charge in [0.15, 0.2) is 0 Å². The van der Waals surface area contributed by atoms with Crippen LogP contribution in [0.25, 0.3) is 11.3 Å². The molecule has 0 fully saturated rings. The van der Waals surface area contributed by atoms with E-state index in [0.717, 1.165) is 21.4 Å². The van der Waals surface area contributed by atoms with Crippen molar-refractivity contribution in [2.45, 2.75) is 6.92 Å². The predicted molar refractivity (Wildman–Crippen MR) is 66.5 cm³/mol. The molecule has 0 spiro atoms. The molecule has 3 nitrogen and oxygen atoms in total. The highest BCUT2D eigenvalue weighted by Crippen LogP contribution is 2.22. The summed E-state index contributed by atoms with van der Waals surface area (Å²) in [4.78, 5) is 8.46. The van der Waals surface area contributed by atoms with E-state index in [-0.39, 0.29) is 0 Å². The largest absolute Gasteiger partial charge is 0.467 e. The van der Waals surface area contributed by atoms with Crippen LogP contribution in [0.4, 0.5) is 0 Å². The molecule has 0 aliphatic rings. The molecule has 0 radical (unpaired) electrons. The molecule has 16 heavy (non-hydrogen) atoms. The van der Waals surface area contributed by atoms with Crippen molar-refractivity contribution in [3.05, 3.63) is 40.5 Å². The van der Waals surface area contributed by atoms with E-state index in [0.29, 0.717) is 6.01 Å². The molecule has 0 atom stereocenters. The molecule has 0 saturated carbocycles. The molecule has 0 bridgehead atoms. The maximum absolute atomic E-state index is 5.05. The van der Waals surface area contributed by atoms with Gasteiger partial charge in [-0.2, -0.15) is 4.98 Å². The standard InChI is InChI=1S/C12H11BrN2O/c1-8-6-11(15-12(14-8)16-2)9-4-3-5-10(13)7-9/h3-7H,1-2H3. The van der Waals surface area contributed by atoms with Crippen LogP contribution in [0.3, 0.4) is 0 Å². The first-order chi connectivity index (χ1) is 7.69. The van der Waals surface area contributed by atoms with Crippen LogP contribution in [0.5, 0.6) is 6.01 Å². The Hall–Kier alpha value is -1.42. The lowest BCUT2D eigenvalue weighted by molar-refractivity contribution is 0.379. The van der Waals surface area contributed by atoms with Gasteiger partial charge in [0.25, 0.3) is 0 Å². The SMILES string of the molecule is COc1nc(C)cc(-c2cccc(Br)c2)n1. The van der Waals surface area contributed by atoms with Crippen molar-refractivity contribution in [2.24, 2.45) is 0 Å². The highest BCUT2D eigenvalue weighted by molar-refractivity contribution is 9.10. The smallest absolute Gasteiger partial charge is 0.316 e. The zero-order valence-electron chi connectivity index (χ0n) is 9.07. The van der Waals surface area contributed by atoms with Gasteiger partial charge in [-0.3, -0.25) is 0 Å². The summed E-state index contributed by atoms with van der Waals surface area (Å²) >= 11 is 3.44. The van der Waals surface area contributed by atoms with E-state index in [2.05, 4.69) is 25.9 Å². The lowest BCUT2D eigenvalue weighted by Crippen LogP contribution is -1.95. The lowest BCUT2D eigenvalue weighted by Gasteiger charge is -2.05. The van der Waals surface area contributed by atoms with Crippen LogP contribution in [0.1, 0.15) is 5.69 Å². The second kappa shape index (κ2) is 4.61. The summed E-state index contributed by atoms with van der Waals surface area (Å²) in [5.74, 6) is 0. The molecule has 1 heterocycles. The summed E-state index contributed by atoms with van der Waals surface area (Å²) in [7, 11) is 1.57. The molecular weight excluding hydrogens is 268 g/mol. The van der Waals surface area contributed by atoms with Gasteiger partial charge in [-0.25, -0.2) is 4.98 Å². The summed E-state index contributed by atoms with van der Waals surface area (Å²) in [6.45, 7) is 1.92. The van der Waals surface area contributed by atoms with Crippen LogP contribution in [-0.4, -0.2) is 17.1 Å². The van der Waals surface area contributed by atoms with Crippen LogP contribution in [0.2, 0.25) is 0 Å².